The van der Waals surface area contributed by atoms with E-state index in [-0.39, 0.29) is 42.0 Å². The summed E-state index contributed by atoms with van der Waals surface area (Å²) in [6.45, 7) is 11.4. The second-order valence-corrected chi connectivity index (χ2v) is 16.6. The van der Waals surface area contributed by atoms with Crippen molar-refractivity contribution in [3.63, 3.8) is 0 Å². The van der Waals surface area contributed by atoms with Crippen molar-refractivity contribution in [3.8, 4) is 5.75 Å². The van der Waals surface area contributed by atoms with Crippen LogP contribution in [0.3, 0.4) is 0 Å². The second-order valence-electron chi connectivity index (χ2n) is 16.6. The summed E-state index contributed by atoms with van der Waals surface area (Å²) in [6, 6.07) is 11.9. The molecule has 2 N–H and O–H groups in total. The van der Waals surface area contributed by atoms with Crippen LogP contribution in [0.25, 0.3) is 0 Å². The van der Waals surface area contributed by atoms with Crippen molar-refractivity contribution >= 4 is 35.2 Å². The lowest BCUT2D eigenvalue weighted by atomic mass is 10.0. The van der Waals surface area contributed by atoms with Gasteiger partial charge in [0.05, 0.1) is 129 Å². The quantitative estimate of drug-likeness (QED) is 0.0603. The Balaban J connectivity index is 0.808. The number of fused-ring (bicyclic) bond motifs is 1. The molecule has 18 heteroatoms. The predicted molar refractivity (Wildman–Crippen MR) is 257 cm³/mol. The highest BCUT2D eigenvalue weighted by atomic mass is 16.6. The number of carbonyl (C=O) groups is 5. The van der Waals surface area contributed by atoms with Crippen LogP contribution in [-0.4, -0.2) is 166 Å². The Bertz CT molecular complexity index is 1760. The van der Waals surface area contributed by atoms with E-state index in [0.717, 1.165) is 29.9 Å². The summed E-state index contributed by atoms with van der Waals surface area (Å²) in [5.74, 6) is -1.84. The highest BCUT2D eigenvalue weighted by Gasteiger charge is 2.45. The first-order valence-corrected chi connectivity index (χ1v) is 24.9. The third kappa shape index (κ3) is 23.9. The zero-order valence-electron chi connectivity index (χ0n) is 40.8. The average Bonchev–Trinajstić information content (AvgIpc) is 3.60. The maximum Gasteiger partial charge on any atom is 0.264 e. The van der Waals surface area contributed by atoms with Crippen LogP contribution in [0.15, 0.2) is 42.5 Å². The van der Waals surface area contributed by atoms with Crippen molar-refractivity contribution in [2.45, 2.75) is 96.4 Å². The molecule has 2 aromatic carbocycles. The smallest absolute Gasteiger partial charge is 0.264 e. The molecule has 1 saturated heterocycles. The van der Waals surface area contributed by atoms with Gasteiger partial charge >= 0.3 is 0 Å². The van der Waals surface area contributed by atoms with Gasteiger partial charge < -0.3 is 52.7 Å². The third-order valence-electron chi connectivity index (χ3n) is 11.1. The molecule has 0 spiro atoms. The van der Waals surface area contributed by atoms with Gasteiger partial charge in [-0.3, -0.25) is 34.2 Å². The van der Waals surface area contributed by atoms with E-state index < -0.39 is 29.7 Å². The molecule has 18 nitrogen and oxygen atoms in total. The number of carbonyl (C=O) groups excluding carboxylic acids is 5. The number of amides is 5. The fourth-order valence-electron chi connectivity index (χ4n) is 7.44. The first-order valence-electron chi connectivity index (χ1n) is 24.9. The van der Waals surface area contributed by atoms with Gasteiger partial charge in [0.2, 0.25) is 17.7 Å². The van der Waals surface area contributed by atoms with Crippen molar-refractivity contribution in [3.05, 3.63) is 59.2 Å². The average molecular weight is 972 g/mol. The summed E-state index contributed by atoms with van der Waals surface area (Å²) in [7, 11) is 0. The van der Waals surface area contributed by atoms with Gasteiger partial charge in [0.1, 0.15) is 18.4 Å². The molecule has 1 unspecified atom stereocenters. The Morgan fingerprint density at radius 2 is 1.06 bits per heavy atom. The zero-order valence-corrected chi connectivity index (χ0v) is 40.8. The lowest BCUT2D eigenvalue weighted by Gasteiger charge is -2.27. The van der Waals surface area contributed by atoms with Gasteiger partial charge in [-0.15, -0.1) is 0 Å². The van der Waals surface area contributed by atoms with E-state index in [9.17, 15) is 24.0 Å². The van der Waals surface area contributed by atoms with Crippen molar-refractivity contribution in [1.82, 2.24) is 10.2 Å². The van der Waals surface area contributed by atoms with Gasteiger partial charge in [-0.1, -0.05) is 63.6 Å². The van der Waals surface area contributed by atoms with Gasteiger partial charge in [0.15, 0.2) is 0 Å². The molecule has 2 aliphatic heterocycles. The molecule has 1 atom stereocenters. The molecule has 0 radical (unpaired) electrons. The number of nitrogens with zero attached hydrogens (tertiary/aromatic N) is 1. The Hall–Kier alpha value is -4.37. The minimum atomic E-state index is -1.07. The van der Waals surface area contributed by atoms with E-state index in [1.54, 1.807) is 12.1 Å². The predicted octanol–water partition coefficient (Wildman–Crippen LogP) is 5.72. The van der Waals surface area contributed by atoms with Gasteiger partial charge in [-0.25, -0.2) is 0 Å². The first-order chi connectivity index (χ1) is 33.9. The summed E-state index contributed by atoms with van der Waals surface area (Å²) < 4.78 is 55.7. The maximum absolute atomic E-state index is 13.2. The van der Waals surface area contributed by atoms with E-state index in [2.05, 4.69) is 29.7 Å². The molecule has 4 rings (SSSR count). The van der Waals surface area contributed by atoms with E-state index in [1.165, 1.54) is 50.2 Å². The van der Waals surface area contributed by atoms with Crippen LogP contribution in [0, 0.1) is 0 Å². The molecule has 2 aromatic rings. The number of hydrogen-bond acceptors (Lipinski definition) is 15. The number of hydrogen-bond donors (Lipinski definition) is 2. The lowest BCUT2D eigenvalue weighted by Crippen LogP contribution is -2.54. The summed E-state index contributed by atoms with van der Waals surface area (Å²) >= 11 is 0. The summed E-state index contributed by atoms with van der Waals surface area (Å²) in [6.07, 6.45) is 11.5. The fraction of sp³-hybridized carbons (Fsp3) is 0.667. The van der Waals surface area contributed by atoms with Gasteiger partial charge in [-0.2, -0.15) is 0 Å². The van der Waals surface area contributed by atoms with E-state index >= 15 is 0 Å². The fourth-order valence-corrected chi connectivity index (χ4v) is 7.44. The molecular formula is C51H77N3O15. The van der Waals surface area contributed by atoms with Gasteiger partial charge in [0, 0.05) is 19.4 Å². The van der Waals surface area contributed by atoms with Crippen LogP contribution in [-0.2, 0) is 63.4 Å². The Labute approximate surface area is 408 Å². The van der Waals surface area contributed by atoms with Gasteiger partial charge in [-0.05, 0) is 61.9 Å². The molecule has 0 bridgehead atoms. The second kappa shape index (κ2) is 36.6. The molecule has 0 aromatic heterocycles. The minimum absolute atomic E-state index is 0.0277. The SMILES string of the molecule is CCCCCCCCc1ccc(OCCOCCOCCOCCOCCOCCOCCOCCOCCOCCCCCC(=O)Nc2cccc3c2C(=O)N(C2CCC(=O)NC2=O)C3=O)cc1. The minimum Gasteiger partial charge on any atom is -0.491 e. The number of piperidine rings is 1. The zero-order chi connectivity index (χ0) is 49.0. The highest BCUT2D eigenvalue weighted by molar-refractivity contribution is 6.26. The third-order valence-corrected chi connectivity index (χ3v) is 11.1. The highest BCUT2D eigenvalue weighted by Crippen LogP contribution is 2.32. The molecule has 0 aliphatic carbocycles. The van der Waals surface area contributed by atoms with Crippen LogP contribution in [0.5, 0.6) is 5.75 Å². The summed E-state index contributed by atoms with van der Waals surface area (Å²) in [5.41, 5.74) is 1.75. The molecule has 0 saturated carbocycles. The Morgan fingerprint density at radius 3 is 1.59 bits per heavy atom. The first kappa shape index (κ1) is 57.2. The Morgan fingerprint density at radius 1 is 0.565 bits per heavy atom. The standard InChI is InChI=1S/C51H77N3O15/c1-2-3-4-5-6-8-12-41-16-18-42(19-17-41)69-40-39-68-38-37-67-36-35-66-34-33-65-32-31-64-30-29-63-28-27-62-26-25-61-24-23-60-22-10-7-9-15-46(55)52-44-14-11-13-43-48(44)51(59)54(50(43)58)45-20-21-47(56)53-49(45)57/h11,13-14,16-19,45H,2-10,12,15,20-40H2,1H3,(H,52,55)(H,53,56,57). The number of unbranched alkanes of at least 4 members (excludes halogenated alkanes) is 7. The molecule has 2 aliphatic rings. The van der Waals surface area contributed by atoms with Crippen molar-refractivity contribution in [1.29, 1.82) is 0 Å². The number of benzene rings is 2. The van der Waals surface area contributed by atoms with Crippen molar-refractivity contribution in [2.24, 2.45) is 0 Å². The molecule has 69 heavy (non-hydrogen) atoms. The Kier molecular flexibility index (Phi) is 30.3. The number of aryl methyl sites for hydroxylation is 1. The van der Waals surface area contributed by atoms with Crippen molar-refractivity contribution in [2.75, 3.05) is 131 Å². The molecule has 386 valence electrons. The number of ether oxygens (including phenoxy) is 10. The lowest BCUT2D eigenvalue weighted by molar-refractivity contribution is -0.136. The van der Waals surface area contributed by atoms with E-state index in [4.69, 9.17) is 47.4 Å². The van der Waals surface area contributed by atoms with Crippen LogP contribution in [0.1, 0.15) is 110 Å². The van der Waals surface area contributed by atoms with E-state index in [1.807, 2.05) is 12.1 Å². The monoisotopic (exact) mass is 972 g/mol. The largest absolute Gasteiger partial charge is 0.491 e. The summed E-state index contributed by atoms with van der Waals surface area (Å²) in [4.78, 5) is 63.7. The molecular weight excluding hydrogens is 895 g/mol. The molecule has 1 fully saturated rings. The van der Waals surface area contributed by atoms with Crippen LogP contribution in [0.4, 0.5) is 5.69 Å². The normalized spacial score (nSPS) is 14.7. The van der Waals surface area contributed by atoms with E-state index in [0.29, 0.717) is 132 Å². The summed E-state index contributed by atoms with van der Waals surface area (Å²) in [5, 5.41) is 4.91. The van der Waals surface area contributed by atoms with Crippen LogP contribution in [0.2, 0.25) is 0 Å². The maximum atomic E-state index is 13.2. The van der Waals surface area contributed by atoms with Crippen molar-refractivity contribution < 1.29 is 71.3 Å². The van der Waals surface area contributed by atoms with Gasteiger partial charge in [0.25, 0.3) is 11.8 Å². The number of anilines is 1. The number of rotatable bonds is 43. The molecule has 5 amide bonds. The number of imide groups is 2. The van der Waals surface area contributed by atoms with Crippen LogP contribution >= 0.6 is 0 Å². The topological polar surface area (TPSA) is 205 Å². The molecule has 2 heterocycles. The van der Waals surface area contributed by atoms with Crippen LogP contribution < -0.4 is 15.4 Å². The number of nitrogens with one attached hydrogen (secondary N) is 2.